The molecule has 0 atom stereocenters. The predicted molar refractivity (Wildman–Crippen MR) is 112 cm³/mol. The molecule has 0 fully saturated rings. The van der Waals surface area contributed by atoms with Crippen molar-refractivity contribution < 1.29 is 4.39 Å². The highest BCUT2D eigenvalue weighted by Crippen LogP contribution is 2.29. The van der Waals surface area contributed by atoms with Crippen molar-refractivity contribution in [2.24, 2.45) is 0 Å². The highest BCUT2D eigenvalue weighted by Gasteiger charge is 2.23. The summed E-state index contributed by atoms with van der Waals surface area (Å²) in [4.78, 5) is 8.78. The van der Waals surface area contributed by atoms with Gasteiger partial charge in [-0.25, -0.2) is 9.37 Å². The van der Waals surface area contributed by atoms with Crippen LogP contribution in [0.1, 0.15) is 36.5 Å². The van der Waals surface area contributed by atoms with E-state index >= 15 is 0 Å². The quantitative estimate of drug-likeness (QED) is 0.555. The van der Waals surface area contributed by atoms with Crippen molar-refractivity contribution in [2.45, 2.75) is 38.6 Å². The van der Waals surface area contributed by atoms with E-state index in [1.807, 2.05) is 16.8 Å². The summed E-state index contributed by atoms with van der Waals surface area (Å²) in [5.41, 5.74) is 5.96. The van der Waals surface area contributed by atoms with E-state index in [1.165, 1.54) is 23.4 Å². The van der Waals surface area contributed by atoms with Crippen LogP contribution in [0.15, 0.2) is 55.0 Å². The largest absolute Gasteiger partial charge is 0.366 e. The van der Waals surface area contributed by atoms with Crippen LogP contribution in [0.3, 0.4) is 0 Å². The van der Waals surface area contributed by atoms with Gasteiger partial charge in [0.25, 0.3) is 0 Å². The number of pyridine rings is 1. The van der Waals surface area contributed by atoms with Crippen LogP contribution in [0.25, 0.3) is 16.9 Å². The Morgan fingerprint density at radius 1 is 1.07 bits per heavy atom. The second-order valence-corrected chi connectivity index (χ2v) is 7.93. The van der Waals surface area contributed by atoms with E-state index in [4.69, 9.17) is 4.98 Å². The molecule has 5 rings (SSSR count). The number of anilines is 1. The summed E-state index contributed by atoms with van der Waals surface area (Å²) in [6.45, 7) is 4.24. The molecule has 4 aromatic rings. The van der Waals surface area contributed by atoms with Crippen LogP contribution in [-0.2, 0) is 12.8 Å². The number of aromatic nitrogens is 4. The molecule has 0 aliphatic heterocycles. The van der Waals surface area contributed by atoms with Crippen LogP contribution in [0, 0.1) is 5.82 Å². The zero-order valence-corrected chi connectivity index (χ0v) is 16.4. The van der Waals surface area contributed by atoms with Gasteiger partial charge in [0.15, 0.2) is 5.65 Å². The molecule has 3 heterocycles. The molecule has 0 amide bonds. The van der Waals surface area contributed by atoms with Crippen molar-refractivity contribution in [3.05, 3.63) is 77.5 Å². The summed E-state index contributed by atoms with van der Waals surface area (Å²) in [5, 5.41) is 8.24. The van der Waals surface area contributed by atoms with Crippen LogP contribution < -0.4 is 5.32 Å². The maximum Gasteiger partial charge on any atom is 0.161 e. The Balaban J connectivity index is 1.58. The first-order valence-electron chi connectivity index (χ1n) is 9.91. The Labute approximate surface area is 168 Å². The number of nitrogens with one attached hydrogen (secondary N) is 1. The molecule has 29 heavy (non-hydrogen) atoms. The highest BCUT2D eigenvalue weighted by molar-refractivity contribution is 5.68. The Bertz CT molecular complexity index is 1170. The molecule has 3 aromatic heterocycles. The monoisotopic (exact) mass is 387 g/mol. The third kappa shape index (κ3) is 3.24. The Hall–Kier alpha value is -3.28. The van der Waals surface area contributed by atoms with Gasteiger partial charge in [-0.1, -0.05) is 38.1 Å². The van der Waals surface area contributed by atoms with Gasteiger partial charge >= 0.3 is 0 Å². The lowest BCUT2D eigenvalue weighted by molar-refractivity contribution is 0.622. The fourth-order valence-corrected chi connectivity index (χ4v) is 4.06. The molecule has 0 spiro atoms. The van der Waals surface area contributed by atoms with E-state index in [-0.39, 0.29) is 17.8 Å². The SMILES string of the molecule is CC(C)c1cnn2c(NC3Cc4ccccc4C3)cc(-c3cncc(F)c3)nc12. The van der Waals surface area contributed by atoms with Crippen LogP contribution in [0.2, 0.25) is 0 Å². The maximum atomic E-state index is 13.8. The Kier molecular flexibility index (Phi) is 4.27. The number of hydrogen-bond donors (Lipinski definition) is 1. The molecule has 1 aliphatic rings. The van der Waals surface area contributed by atoms with E-state index in [1.54, 1.807) is 6.20 Å². The van der Waals surface area contributed by atoms with E-state index in [0.29, 0.717) is 11.3 Å². The average Bonchev–Trinajstić information content (AvgIpc) is 3.31. The second kappa shape index (κ2) is 6.95. The van der Waals surface area contributed by atoms with Crippen molar-refractivity contribution in [1.29, 1.82) is 0 Å². The van der Waals surface area contributed by atoms with Gasteiger partial charge in [-0.3, -0.25) is 4.98 Å². The summed E-state index contributed by atoms with van der Waals surface area (Å²) < 4.78 is 15.6. The zero-order valence-electron chi connectivity index (χ0n) is 16.4. The summed E-state index contributed by atoms with van der Waals surface area (Å²) in [6.07, 6.45) is 6.65. The lowest BCUT2D eigenvalue weighted by Crippen LogP contribution is -2.21. The van der Waals surface area contributed by atoms with Gasteiger partial charge in [-0.2, -0.15) is 9.61 Å². The molecule has 146 valence electrons. The Morgan fingerprint density at radius 3 is 2.52 bits per heavy atom. The molecule has 5 nitrogen and oxygen atoms in total. The summed E-state index contributed by atoms with van der Waals surface area (Å²) in [5.74, 6) is 0.769. The Morgan fingerprint density at radius 2 is 1.83 bits per heavy atom. The van der Waals surface area contributed by atoms with Crippen LogP contribution in [0.4, 0.5) is 10.2 Å². The fourth-order valence-electron chi connectivity index (χ4n) is 4.06. The molecule has 0 radical (unpaired) electrons. The second-order valence-electron chi connectivity index (χ2n) is 7.93. The topological polar surface area (TPSA) is 55.1 Å². The molecule has 0 bridgehead atoms. The third-order valence-electron chi connectivity index (χ3n) is 5.52. The molecule has 1 aliphatic carbocycles. The molecular formula is C23H22FN5. The lowest BCUT2D eigenvalue weighted by Gasteiger charge is -2.16. The van der Waals surface area contributed by atoms with E-state index < -0.39 is 0 Å². The lowest BCUT2D eigenvalue weighted by atomic mass is 10.1. The number of benzene rings is 1. The number of rotatable bonds is 4. The van der Waals surface area contributed by atoms with E-state index in [2.05, 4.69) is 53.5 Å². The summed E-state index contributed by atoms with van der Waals surface area (Å²) in [7, 11) is 0. The third-order valence-corrected chi connectivity index (χ3v) is 5.52. The zero-order chi connectivity index (χ0) is 20.0. The minimum atomic E-state index is -0.373. The highest BCUT2D eigenvalue weighted by atomic mass is 19.1. The molecule has 0 saturated heterocycles. The smallest absolute Gasteiger partial charge is 0.161 e. The van der Waals surface area contributed by atoms with Crippen molar-refractivity contribution in [3.63, 3.8) is 0 Å². The number of hydrogen-bond acceptors (Lipinski definition) is 4. The van der Waals surface area contributed by atoms with Crippen LogP contribution in [0.5, 0.6) is 0 Å². The summed E-state index contributed by atoms with van der Waals surface area (Å²) >= 11 is 0. The van der Waals surface area contributed by atoms with Gasteiger partial charge in [-0.15, -0.1) is 0 Å². The summed E-state index contributed by atoms with van der Waals surface area (Å²) in [6, 6.07) is 12.2. The predicted octanol–water partition coefficient (Wildman–Crippen LogP) is 4.63. The van der Waals surface area contributed by atoms with Crippen molar-refractivity contribution in [1.82, 2.24) is 19.6 Å². The van der Waals surface area contributed by atoms with Gasteiger partial charge in [-0.05, 0) is 36.0 Å². The molecular weight excluding hydrogens is 365 g/mol. The van der Waals surface area contributed by atoms with Crippen molar-refractivity contribution in [2.75, 3.05) is 5.32 Å². The number of halogens is 1. The number of fused-ring (bicyclic) bond motifs is 2. The first-order valence-corrected chi connectivity index (χ1v) is 9.91. The van der Waals surface area contributed by atoms with Crippen LogP contribution >= 0.6 is 0 Å². The van der Waals surface area contributed by atoms with Gasteiger partial charge < -0.3 is 5.32 Å². The van der Waals surface area contributed by atoms with Gasteiger partial charge in [0.2, 0.25) is 0 Å². The normalized spacial score (nSPS) is 13.9. The molecule has 1 N–H and O–H groups in total. The van der Waals surface area contributed by atoms with Gasteiger partial charge in [0.05, 0.1) is 18.1 Å². The fraction of sp³-hybridized carbons (Fsp3) is 0.261. The molecule has 1 aromatic carbocycles. The average molecular weight is 387 g/mol. The minimum absolute atomic E-state index is 0.281. The van der Waals surface area contributed by atoms with Crippen molar-refractivity contribution in [3.8, 4) is 11.3 Å². The van der Waals surface area contributed by atoms with E-state index in [9.17, 15) is 4.39 Å². The first-order chi connectivity index (χ1) is 14.1. The maximum absolute atomic E-state index is 13.8. The van der Waals surface area contributed by atoms with Crippen LogP contribution in [-0.4, -0.2) is 25.6 Å². The van der Waals surface area contributed by atoms with Gasteiger partial charge in [0, 0.05) is 29.4 Å². The molecule has 0 unspecified atom stereocenters. The minimum Gasteiger partial charge on any atom is -0.366 e. The molecule has 6 heteroatoms. The van der Waals surface area contributed by atoms with Gasteiger partial charge in [0.1, 0.15) is 11.6 Å². The van der Waals surface area contributed by atoms with Crippen molar-refractivity contribution >= 4 is 11.5 Å². The number of nitrogens with zero attached hydrogens (tertiary/aromatic N) is 4. The first kappa shape index (κ1) is 17.8. The standard InChI is InChI=1S/C23H22FN5/c1-14(2)20-13-26-29-22(27-19-8-15-5-3-4-6-16(15)9-19)10-21(28-23(20)29)17-7-18(24)12-25-11-17/h3-7,10-14,19,27H,8-9H2,1-2H3. The molecule has 0 saturated carbocycles. The van der Waals surface area contributed by atoms with E-state index in [0.717, 1.165) is 29.9 Å².